The number of nitrogens with zero attached hydrogens (tertiary/aromatic N) is 1. The molecule has 3 heteroatoms. The number of likely N-dealkylation sites (tertiary alicyclic amines) is 1. The Morgan fingerprint density at radius 2 is 2.00 bits per heavy atom. The van der Waals surface area contributed by atoms with Crippen molar-refractivity contribution in [3.8, 4) is 0 Å². The maximum absolute atomic E-state index is 5.81. The fourth-order valence-electron chi connectivity index (χ4n) is 1.93. The predicted octanol–water partition coefficient (Wildman–Crippen LogP) is 1.91. The molecule has 0 radical (unpaired) electrons. The van der Waals surface area contributed by atoms with Crippen molar-refractivity contribution in [2.45, 2.75) is 51.9 Å². The monoisotopic (exact) mass is 215 g/mol. The molecule has 1 heterocycles. The molecule has 0 amide bonds. The molecule has 90 valence electrons. The van der Waals surface area contributed by atoms with Crippen LogP contribution in [0.3, 0.4) is 0 Å². The molecule has 2 unspecified atom stereocenters. The average Bonchev–Trinajstić information content (AvgIpc) is 2.42. The normalized spacial score (nSPS) is 28.6. The number of hydrogen-bond donors (Lipinski definition) is 0. The van der Waals surface area contributed by atoms with E-state index in [0.29, 0.717) is 12.1 Å². The van der Waals surface area contributed by atoms with Crippen LogP contribution in [-0.2, 0) is 9.47 Å². The fourth-order valence-corrected chi connectivity index (χ4v) is 1.93. The summed E-state index contributed by atoms with van der Waals surface area (Å²) in [6.45, 7) is 11.0. The SMILES string of the molecule is CCOC1CC(COC(C)(C)C)N(C)C1. The quantitative estimate of drug-likeness (QED) is 0.715. The number of likely N-dealkylation sites (N-methyl/N-ethyl adjacent to an activating group) is 1. The van der Waals surface area contributed by atoms with E-state index in [0.717, 1.165) is 26.2 Å². The Morgan fingerprint density at radius 3 is 2.53 bits per heavy atom. The van der Waals surface area contributed by atoms with Crippen LogP contribution in [0.2, 0.25) is 0 Å². The number of rotatable bonds is 4. The summed E-state index contributed by atoms with van der Waals surface area (Å²) in [5, 5.41) is 0. The smallest absolute Gasteiger partial charge is 0.0717 e. The van der Waals surface area contributed by atoms with Crippen LogP contribution in [0.5, 0.6) is 0 Å². The zero-order chi connectivity index (χ0) is 11.5. The second kappa shape index (κ2) is 5.28. The Kier molecular flexibility index (Phi) is 4.56. The molecule has 0 N–H and O–H groups in total. The molecule has 0 spiro atoms. The molecule has 1 aliphatic heterocycles. The first-order valence-corrected chi connectivity index (χ1v) is 5.88. The van der Waals surface area contributed by atoms with E-state index in [2.05, 4.69) is 39.6 Å². The van der Waals surface area contributed by atoms with Gasteiger partial charge >= 0.3 is 0 Å². The summed E-state index contributed by atoms with van der Waals surface area (Å²) in [7, 11) is 2.15. The minimum absolute atomic E-state index is 0.0372. The first kappa shape index (κ1) is 12.9. The van der Waals surface area contributed by atoms with Crippen molar-refractivity contribution in [2.24, 2.45) is 0 Å². The third kappa shape index (κ3) is 4.49. The minimum Gasteiger partial charge on any atom is -0.377 e. The Labute approximate surface area is 93.7 Å². The van der Waals surface area contributed by atoms with Gasteiger partial charge in [0, 0.05) is 19.2 Å². The molecule has 0 aliphatic carbocycles. The maximum atomic E-state index is 5.81. The van der Waals surface area contributed by atoms with E-state index < -0.39 is 0 Å². The van der Waals surface area contributed by atoms with Crippen LogP contribution in [0.25, 0.3) is 0 Å². The molecule has 15 heavy (non-hydrogen) atoms. The Morgan fingerprint density at radius 1 is 1.33 bits per heavy atom. The van der Waals surface area contributed by atoms with E-state index in [1.165, 1.54) is 0 Å². The zero-order valence-corrected chi connectivity index (χ0v) is 10.7. The van der Waals surface area contributed by atoms with Crippen molar-refractivity contribution in [1.29, 1.82) is 0 Å². The van der Waals surface area contributed by atoms with Crippen LogP contribution in [0.4, 0.5) is 0 Å². The second-order valence-corrected chi connectivity index (χ2v) is 5.33. The molecule has 0 aromatic rings. The summed E-state index contributed by atoms with van der Waals surface area (Å²) in [6, 6.07) is 0.515. The Hall–Kier alpha value is -0.120. The maximum Gasteiger partial charge on any atom is 0.0717 e. The summed E-state index contributed by atoms with van der Waals surface area (Å²) in [5.41, 5.74) is -0.0372. The Balaban J connectivity index is 2.31. The number of hydrogen-bond acceptors (Lipinski definition) is 3. The second-order valence-electron chi connectivity index (χ2n) is 5.33. The molecule has 1 rings (SSSR count). The van der Waals surface area contributed by atoms with Gasteiger partial charge in [-0.1, -0.05) is 0 Å². The topological polar surface area (TPSA) is 21.7 Å². The lowest BCUT2D eigenvalue weighted by molar-refractivity contribution is -0.0257. The molecular formula is C12H25NO2. The van der Waals surface area contributed by atoms with Crippen molar-refractivity contribution in [3.63, 3.8) is 0 Å². The van der Waals surface area contributed by atoms with Gasteiger partial charge in [-0.25, -0.2) is 0 Å². The molecule has 0 aromatic heterocycles. The highest BCUT2D eigenvalue weighted by atomic mass is 16.5. The third-order valence-corrected chi connectivity index (χ3v) is 2.76. The first-order chi connectivity index (χ1) is 6.92. The average molecular weight is 215 g/mol. The van der Waals surface area contributed by atoms with Crippen LogP contribution < -0.4 is 0 Å². The standard InChI is InChI=1S/C12H25NO2/c1-6-14-11-7-10(13(5)8-11)9-15-12(2,3)4/h10-11H,6-9H2,1-5H3. The van der Waals surface area contributed by atoms with Crippen LogP contribution in [0.1, 0.15) is 34.1 Å². The molecule has 1 aliphatic rings. The largest absolute Gasteiger partial charge is 0.377 e. The molecule has 3 nitrogen and oxygen atoms in total. The summed E-state index contributed by atoms with van der Waals surface area (Å²) < 4.78 is 11.5. The summed E-state index contributed by atoms with van der Waals surface area (Å²) >= 11 is 0. The lowest BCUT2D eigenvalue weighted by atomic mass is 10.1. The molecule has 0 saturated carbocycles. The van der Waals surface area contributed by atoms with Crippen molar-refractivity contribution >= 4 is 0 Å². The highest BCUT2D eigenvalue weighted by Gasteiger charge is 2.30. The van der Waals surface area contributed by atoms with E-state index in [1.54, 1.807) is 0 Å². The van der Waals surface area contributed by atoms with Crippen LogP contribution in [-0.4, -0.2) is 49.5 Å². The highest BCUT2D eigenvalue weighted by Crippen LogP contribution is 2.20. The zero-order valence-electron chi connectivity index (χ0n) is 10.7. The van der Waals surface area contributed by atoms with Crippen molar-refractivity contribution in [1.82, 2.24) is 4.90 Å². The molecule has 1 fully saturated rings. The summed E-state index contributed by atoms with van der Waals surface area (Å²) in [5.74, 6) is 0. The molecule has 1 saturated heterocycles. The lowest BCUT2D eigenvalue weighted by Gasteiger charge is -2.25. The van der Waals surface area contributed by atoms with E-state index >= 15 is 0 Å². The van der Waals surface area contributed by atoms with Gasteiger partial charge in [0.1, 0.15) is 0 Å². The van der Waals surface area contributed by atoms with Gasteiger partial charge in [0.2, 0.25) is 0 Å². The third-order valence-electron chi connectivity index (χ3n) is 2.76. The van der Waals surface area contributed by atoms with Gasteiger partial charge < -0.3 is 9.47 Å². The van der Waals surface area contributed by atoms with Crippen molar-refractivity contribution in [2.75, 3.05) is 26.8 Å². The molecular weight excluding hydrogens is 190 g/mol. The van der Waals surface area contributed by atoms with Gasteiger partial charge in [0.05, 0.1) is 18.3 Å². The fraction of sp³-hybridized carbons (Fsp3) is 1.00. The molecule has 0 bridgehead atoms. The predicted molar refractivity (Wildman–Crippen MR) is 62.2 cm³/mol. The van der Waals surface area contributed by atoms with Gasteiger partial charge in [0.15, 0.2) is 0 Å². The lowest BCUT2D eigenvalue weighted by Crippen LogP contribution is -2.33. The van der Waals surface area contributed by atoms with Gasteiger partial charge in [-0.2, -0.15) is 0 Å². The van der Waals surface area contributed by atoms with Gasteiger partial charge in [-0.15, -0.1) is 0 Å². The van der Waals surface area contributed by atoms with Crippen LogP contribution >= 0.6 is 0 Å². The van der Waals surface area contributed by atoms with Crippen LogP contribution in [0, 0.1) is 0 Å². The van der Waals surface area contributed by atoms with Crippen LogP contribution in [0.15, 0.2) is 0 Å². The minimum atomic E-state index is -0.0372. The van der Waals surface area contributed by atoms with Gasteiger partial charge in [-0.05, 0) is 41.2 Å². The van der Waals surface area contributed by atoms with E-state index in [-0.39, 0.29) is 5.60 Å². The van der Waals surface area contributed by atoms with E-state index in [9.17, 15) is 0 Å². The summed E-state index contributed by atoms with van der Waals surface area (Å²) in [4.78, 5) is 2.34. The van der Waals surface area contributed by atoms with Gasteiger partial charge in [-0.3, -0.25) is 4.90 Å². The summed E-state index contributed by atoms with van der Waals surface area (Å²) in [6.07, 6.45) is 1.49. The molecule has 0 aromatic carbocycles. The van der Waals surface area contributed by atoms with E-state index in [4.69, 9.17) is 9.47 Å². The first-order valence-electron chi connectivity index (χ1n) is 5.88. The van der Waals surface area contributed by atoms with Crippen molar-refractivity contribution in [3.05, 3.63) is 0 Å². The highest BCUT2D eigenvalue weighted by molar-refractivity contribution is 4.84. The Bertz CT molecular complexity index is 189. The molecule has 2 atom stereocenters. The number of ether oxygens (including phenoxy) is 2. The van der Waals surface area contributed by atoms with Crippen molar-refractivity contribution < 1.29 is 9.47 Å². The van der Waals surface area contributed by atoms with Gasteiger partial charge in [0.25, 0.3) is 0 Å². The van der Waals surface area contributed by atoms with E-state index in [1.807, 2.05) is 0 Å².